The first-order valence-corrected chi connectivity index (χ1v) is 5.09. The number of aliphatic hydroxyl groups is 1. The second kappa shape index (κ2) is 5.63. The molecule has 1 aromatic heterocycles. The Morgan fingerprint density at radius 3 is 2.93 bits per heavy atom. The lowest BCUT2D eigenvalue weighted by molar-refractivity contribution is 0.296. The van der Waals surface area contributed by atoms with Gasteiger partial charge in [0.1, 0.15) is 10.8 Å². The molecule has 0 bridgehead atoms. The Morgan fingerprint density at radius 1 is 1.50 bits per heavy atom. The second-order valence-electron chi connectivity index (χ2n) is 2.52. The SMILES string of the molecule is NNc1cc(SCCCO)nc(N)n1. The summed E-state index contributed by atoms with van der Waals surface area (Å²) in [5.41, 5.74) is 7.86. The number of hydrogen-bond donors (Lipinski definition) is 4. The fourth-order valence-corrected chi connectivity index (χ4v) is 1.67. The first-order valence-electron chi connectivity index (χ1n) is 4.11. The molecule has 0 radical (unpaired) electrons. The zero-order valence-electron chi connectivity index (χ0n) is 7.60. The molecule has 0 amide bonds. The van der Waals surface area contributed by atoms with Crippen molar-refractivity contribution in [2.24, 2.45) is 5.84 Å². The van der Waals surface area contributed by atoms with E-state index in [1.165, 1.54) is 11.8 Å². The smallest absolute Gasteiger partial charge is 0.223 e. The Hall–Kier alpha value is -1.05. The maximum absolute atomic E-state index is 8.60. The van der Waals surface area contributed by atoms with E-state index in [2.05, 4.69) is 15.4 Å². The molecule has 0 aliphatic heterocycles. The van der Waals surface area contributed by atoms with Gasteiger partial charge in [-0.1, -0.05) is 0 Å². The Bertz CT molecular complexity index is 295. The Balaban J connectivity index is 2.62. The van der Waals surface area contributed by atoms with E-state index >= 15 is 0 Å². The average Bonchev–Trinajstić information content (AvgIpc) is 2.17. The van der Waals surface area contributed by atoms with E-state index in [-0.39, 0.29) is 12.6 Å². The normalized spacial score (nSPS) is 10.1. The molecule has 1 heterocycles. The molecule has 0 aromatic carbocycles. The van der Waals surface area contributed by atoms with Crippen LogP contribution in [-0.2, 0) is 0 Å². The van der Waals surface area contributed by atoms with Crippen LogP contribution in [0.3, 0.4) is 0 Å². The van der Waals surface area contributed by atoms with Gasteiger partial charge in [0.2, 0.25) is 5.95 Å². The predicted octanol–water partition coefficient (Wildman–Crippen LogP) is -0.181. The summed E-state index contributed by atoms with van der Waals surface area (Å²) in [5.74, 6) is 6.66. The highest BCUT2D eigenvalue weighted by Gasteiger charge is 2.01. The number of hydrazine groups is 1. The molecule has 6 nitrogen and oxygen atoms in total. The molecule has 0 saturated carbocycles. The number of aliphatic hydroxyl groups excluding tert-OH is 1. The molecule has 7 heteroatoms. The summed E-state index contributed by atoms with van der Waals surface area (Å²) >= 11 is 1.50. The number of rotatable bonds is 5. The van der Waals surface area contributed by atoms with E-state index < -0.39 is 0 Å². The highest BCUT2D eigenvalue weighted by Crippen LogP contribution is 2.19. The summed E-state index contributed by atoms with van der Waals surface area (Å²) < 4.78 is 0. The van der Waals surface area contributed by atoms with Gasteiger partial charge in [-0.25, -0.2) is 10.8 Å². The number of nitrogens with one attached hydrogen (secondary N) is 1. The van der Waals surface area contributed by atoms with E-state index in [0.717, 1.165) is 17.2 Å². The molecular formula is C7H13N5OS. The number of aromatic nitrogens is 2. The van der Waals surface area contributed by atoms with Gasteiger partial charge in [-0.2, -0.15) is 4.98 Å². The highest BCUT2D eigenvalue weighted by molar-refractivity contribution is 7.99. The number of nitrogens with two attached hydrogens (primary N) is 2. The summed E-state index contributed by atoms with van der Waals surface area (Å²) in [5, 5.41) is 9.35. The number of nitrogen functional groups attached to an aromatic ring is 2. The van der Waals surface area contributed by atoms with Crippen molar-refractivity contribution in [1.82, 2.24) is 9.97 Å². The summed E-state index contributed by atoms with van der Waals surface area (Å²) in [6, 6.07) is 1.71. The van der Waals surface area contributed by atoms with Crippen molar-refractivity contribution in [3.05, 3.63) is 6.07 Å². The molecule has 0 atom stereocenters. The third-order valence-electron chi connectivity index (χ3n) is 1.42. The molecule has 1 aromatic rings. The van der Waals surface area contributed by atoms with Crippen LogP contribution in [0.15, 0.2) is 11.1 Å². The molecular weight excluding hydrogens is 202 g/mol. The predicted molar refractivity (Wildman–Crippen MR) is 56.7 cm³/mol. The Labute approximate surface area is 86.1 Å². The van der Waals surface area contributed by atoms with Crippen molar-refractivity contribution in [2.45, 2.75) is 11.4 Å². The third-order valence-corrected chi connectivity index (χ3v) is 2.42. The van der Waals surface area contributed by atoms with Crippen molar-refractivity contribution in [2.75, 3.05) is 23.5 Å². The minimum Gasteiger partial charge on any atom is -0.396 e. The molecule has 1 rings (SSSR count). The summed E-state index contributed by atoms with van der Waals surface area (Å²) in [7, 11) is 0. The van der Waals surface area contributed by atoms with Crippen LogP contribution in [0.25, 0.3) is 0 Å². The number of nitrogens with zero attached hydrogens (tertiary/aromatic N) is 2. The van der Waals surface area contributed by atoms with Crippen LogP contribution < -0.4 is 17.0 Å². The van der Waals surface area contributed by atoms with Crippen molar-refractivity contribution < 1.29 is 5.11 Å². The van der Waals surface area contributed by atoms with Crippen molar-refractivity contribution in [3.8, 4) is 0 Å². The van der Waals surface area contributed by atoms with Gasteiger partial charge >= 0.3 is 0 Å². The lowest BCUT2D eigenvalue weighted by Gasteiger charge is -2.03. The number of thioether (sulfide) groups is 1. The van der Waals surface area contributed by atoms with Gasteiger partial charge in [-0.05, 0) is 6.42 Å². The zero-order valence-corrected chi connectivity index (χ0v) is 8.42. The van der Waals surface area contributed by atoms with Crippen molar-refractivity contribution in [1.29, 1.82) is 0 Å². The molecule has 0 fully saturated rings. The van der Waals surface area contributed by atoms with Crippen LogP contribution >= 0.6 is 11.8 Å². The maximum Gasteiger partial charge on any atom is 0.223 e. The molecule has 0 saturated heterocycles. The van der Waals surface area contributed by atoms with Gasteiger partial charge in [-0.15, -0.1) is 11.8 Å². The van der Waals surface area contributed by atoms with Crippen LogP contribution in [0.2, 0.25) is 0 Å². The first kappa shape index (κ1) is 11.0. The summed E-state index contributed by atoms with van der Waals surface area (Å²) in [4.78, 5) is 7.85. The molecule has 6 N–H and O–H groups in total. The molecule has 0 spiro atoms. The molecule has 0 unspecified atom stereocenters. The molecule has 78 valence electrons. The van der Waals surface area contributed by atoms with Crippen LogP contribution in [-0.4, -0.2) is 27.4 Å². The van der Waals surface area contributed by atoms with Crippen LogP contribution in [0.1, 0.15) is 6.42 Å². The van der Waals surface area contributed by atoms with Crippen molar-refractivity contribution >= 4 is 23.5 Å². The van der Waals surface area contributed by atoms with E-state index in [9.17, 15) is 0 Å². The van der Waals surface area contributed by atoms with Gasteiger partial charge in [0.15, 0.2) is 0 Å². The maximum atomic E-state index is 8.60. The van der Waals surface area contributed by atoms with Gasteiger partial charge < -0.3 is 16.3 Å². The van der Waals surface area contributed by atoms with Crippen LogP contribution in [0, 0.1) is 0 Å². The Kier molecular flexibility index (Phi) is 4.44. The second-order valence-corrected chi connectivity index (χ2v) is 3.63. The monoisotopic (exact) mass is 215 g/mol. The van der Waals surface area contributed by atoms with E-state index in [1.54, 1.807) is 6.07 Å². The molecule has 0 aliphatic carbocycles. The minimum atomic E-state index is 0.176. The van der Waals surface area contributed by atoms with E-state index in [0.29, 0.717) is 5.82 Å². The van der Waals surface area contributed by atoms with E-state index in [1.807, 2.05) is 0 Å². The van der Waals surface area contributed by atoms with Gasteiger partial charge in [0.25, 0.3) is 0 Å². The molecule has 14 heavy (non-hydrogen) atoms. The number of hydrogen-bond acceptors (Lipinski definition) is 7. The highest BCUT2D eigenvalue weighted by atomic mass is 32.2. The van der Waals surface area contributed by atoms with E-state index in [4.69, 9.17) is 16.7 Å². The van der Waals surface area contributed by atoms with Crippen LogP contribution in [0.5, 0.6) is 0 Å². The largest absolute Gasteiger partial charge is 0.396 e. The summed E-state index contributed by atoms with van der Waals surface area (Å²) in [6.07, 6.45) is 0.722. The average molecular weight is 215 g/mol. The lowest BCUT2D eigenvalue weighted by atomic mass is 10.5. The summed E-state index contributed by atoms with van der Waals surface area (Å²) in [6.45, 7) is 0.176. The fourth-order valence-electron chi connectivity index (χ4n) is 0.832. The fraction of sp³-hybridized carbons (Fsp3) is 0.429. The van der Waals surface area contributed by atoms with Gasteiger partial charge in [0, 0.05) is 18.4 Å². The van der Waals surface area contributed by atoms with Gasteiger partial charge in [-0.3, -0.25) is 0 Å². The zero-order chi connectivity index (χ0) is 10.4. The van der Waals surface area contributed by atoms with Gasteiger partial charge in [0.05, 0.1) is 0 Å². The first-order chi connectivity index (χ1) is 6.76. The Morgan fingerprint density at radius 2 is 2.29 bits per heavy atom. The quantitative estimate of drug-likeness (QED) is 0.177. The minimum absolute atomic E-state index is 0.176. The van der Waals surface area contributed by atoms with Crippen LogP contribution in [0.4, 0.5) is 11.8 Å². The molecule has 0 aliphatic rings. The topological polar surface area (TPSA) is 110 Å². The number of anilines is 2. The third kappa shape index (κ3) is 3.36. The lowest BCUT2D eigenvalue weighted by Crippen LogP contribution is -2.10. The van der Waals surface area contributed by atoms with Crippen molar-refractivity contribution in [3.63, 3.8) is 0 Å². The standard InChI is InChI=1S/C7H13N5OS/c8-7-10-5(12-9)4-6(11-7)14-3-1-2-13/h4,13H,1-3,9H2,(H3,8,10,11,12).